The number of piperidine rings is 1. The topological polar surface area (TPSA) is 62.7 Å². The highest BCUT2D eigenvalue weighted by atomic mass is 16.5. The first-order valence-corrected chi connectivity index (χ1v) is 11.7. The summed E-state index contributed by atoms with van der Waals surface area (Å²) >= 11 is 0. The first-order chi connectivity index (χ1) is 16.2. The van der Waals surface area contributed by atoms with Gasteiger partial charge in [-0.3, -0.25) is 9.69 Å². The minimum absolute atomic E-state index is 0.298. The monoisotopic (exact) mass is 443 g/mol. The Morgan fingerprint density at radius 2 is 1.76 bits per heavy atom. The van der Waals surface area contributed by atoms with Gasteiger partial charge in [0.25, 0.3) is 0 Å². The second-order valence-corrected chi connectivity index (χ2v) is 8.89. The van der Waals surface area contributed by atoms with Crippen LogP contribution < -0.4 is 0 Å². The third-order valence-electron chi connectivity index (χ3n) is 6.92. The number of para-hydroxylation sites is 1. The van der Waals surface area contributed by atoms with Crippen molar-refractivity contribution in [3.05, 3.63) is 65.7 Å². The van der Waals surface area contributed by atoms with Crippen LogP contribution in [0.4, 0.5) is 0 Å². The molecule has 6 heteroatoms. The van der Waals surface area contributed by atoms with Crippen LogP contribution in [-0.2, 0) is 16.1 Å². The largest absolute Gasteiger partial charge is 0.465 e. The average molecular weight is 444 g/mol. The van der Waals surface area contributed by atoms with Crippen LogP contribution in [0.15, 0.2) is 54.6 Å². The zero-order valence-electron chi connectivity index (χ0n) is 19.0. The lowest BCUT2D eigenvalue weighted by molar-refractivity contribution is -0.130. The van der Waals surface area contributed by atoms with Crippen molar-refractivity contribution in [2.45, 2.75) is 38.3 Å². The Labute approximate surface area is 194 Å². The van der Waals surface area contributed by atoms with Crippen molar-refractivity contribution in [1.29, 1.82) is 0 Å². The van der Waals surface area contributed by atoms with Crippen molar-refractivity contribution >= 4 is 22.8 Å². The van der Waals surface area contributed by atoms with E-state index in [9.17, 15) is 9.59 Å². The Morgan fingerprint density at radius 3 is 2.45 bits per heavy atom. The number of pyridine rings is 1. The molecule has 0 aliphatic carbocycles. The number of nitrogens with zero attached hydrogens (tertiary/aromatic N) is 3. The summed E-state index contributed by atoms with van der Waals surface area (Å²) in [6.45, 7) is 3.28. The van der Waals surface area contributed by atoms with E-state index in [1.165, 1.54) is 7.11 Å². The van der Waals surface area contributed by atoms with Crippen LogP contribution in [-0.4, -0.2) is 59.4 Å². The summed E-state index contributed by atoms with van der Waals surface area (Å²) in [7, 11) is 1.43. The van der Waals surface area contributed by atoms with Gasteiger partial charge in [-0.05, 0) is 25.3 Å². The van der Waals surface area contributed by atoms with Gasteiger partial charge in [0, 0.05) is 55.2 Å². The Kier molecular flexibility index (Phi) is 6.09. The predicted molar refractivity (Wildman–Crippen MR) is 128 cm³/mol. The molecule has 0 bridgehead atoms. The van der Waals surface area contributed by atoms with Crippen molar-refractivity contribution in [3.8, 4) is 11.3 Å². The fourth-order valence-electron chi connectivity index (χ4n) is 5.24. The van der Waals surface area contributed by atoms with Crippen LogP contribution in [0.3, 0.4) is 0 Å². The maximum Gasteiger partial charge on any atom is 0.338 e. The van der Waals surface area contributed by atoms with Gasteiger partial charge in [0.05, 0.1) is 23.9 Å². The van der Waals surface area contributed by atoms with Gasteiger partial charge in [0.2, 0.25) is 5.91 Å². The normalized spacial score (nSPS) is 17.6. The molecule has 170 valence electrons. The molecule has 1 aromatic heterocycles. The maximum atomic E-state index is 13.0. The Balaban J connectivity index is 1.51. The number of amides is 1. The molecule has 0 spiro atoms. The quantitative estimate of drug-likeness (QED) is 0.551. The first-order valence-electron chi connectivity index (χ1n) is 11.7. The highest BCUT2D eigenvalue weighted by molar-refractivity contribution is 6.06. The van der Waals surface area contributed by atoms with E-state index in [0.717, 1.165) is 66.6 Å². The van der Waals surface area contributed by atoms with E-state index in [1.54, 1.807) is 0 Å². The fourth-order valence-corrected chi connectivity index (χ4v) is 5.24. The fraction of sp³-hybridized carbons (Fsp3) is 0.370. The summed E-state index contributed by atoms with van der Waals surface area (Å²) in [4.78, 5) is 34.6. The summed E-state index contributed by atoms with van der Waals surface area (Å²) in [5.41, 5.74) is 4.10. The predicted octanol–water partition coefficient (Wildman–Crippen LogP) is 4.28. The number of benzene rings is 2. The zero-order chi connectivity index (χ0) is 22.8. The van der Waals surface area contributed by atoms with Crippen molar-refractivity contribution in [1.82, 2.24) is 14.8 Å². The summed E-state index contributed by atoms with van der Waals surface area (Å²) in [6, 6.07) is 18.1. The lowest BCUT2D eigenvalue weighted by atomic mass is 9.95. The molecule has 33 heavy (non-hydrogen) atoms. The molecule has 2 aliphatic rings. The number of rotatable bonds is 5. The number of hydrogen-bond donors (Lipinski definition) is 0. The second-order valence-electron chi connectivity index (χ2n) is 8.89. The molecule has 0 unspecified atom stereocenters. The standard InChI is InChI=1S/C27H29N3O3/c1-33-27(32)25-21-10-5-6-11-23(21)28-26(19-8-3-2-4-9-19)22(25)18-29-16-13-20(14-17-29)30-15-7-12-24(30)31/h2-6,8-11,20H,7,12-18H2,1H3. The van der Waals surface area contributed by atoms with Gasteiger partial charge in [0.15, 0.2) is 0 Å². The zero-order valence-corrected chi connectivity index (χ0v) is 19.0. The average Bonchev–Trinajstić information content (AvgIpc) is 3.30. The minimum Gasteiger partial charge on any atom is -0.465 e. The second kappa shape index (κ2) is 9.32. The molecule has 0 N–H and O–H groups in total. The lowest BCUT2D eigenvalue weighted by Gasteiger charge is -2.37. The summed E-state index contributed by atoms with van der Waals surface area (Å²) in [5.74, 6) is -0.0372. The van der Waals surface area contributed by atoms with Crippen molar-refractivity contribution in [3.63, 3.8) is 0 Å². The van der Waals surface area contributed by atoms with E-state index in [0.29, 0.717) is 30.5 Å². The molecule has 6 nitrogen and oxygen atoms in total. The number of hydrogen-bond acceptors (Lipinski definition) is 5. The van der Waals surface area contributed by atoms with E-state index in [-0.39, 0.29) is 5.97 Å². The minimum atomic E-state index is -0.335. The van der Waals surface area contributed by atoms with Gasteiger partial charge in [-0.25, -0.2) is 9.78 Å². The van der Waals surface area contributed by atoms with Crippen LogP contribution in [0.5, 0.6) is 0 Å². The first kappa shape index (κ1) is 21.6. The third-order valence-corrected chi connectivity index (χ3v) is 6.92. The molecule has 2 fully saturated rings. The molecular formula is C27H29N3O3. The number of aromatic nitrogens is 1. The van der Waals surface area contributed by atoms with E-state index in [1.807, 2.05) is 54.6 Å². The number of likely N-dealkylation sites (tertiary alicyclic amines) is 2. The van der Waals surface area contributed by atoms with Crippen molar-refractivity contribution < 1.29 is 14.3 Å². The Hall–Kier alpha value is -3.25. The van der Waals surface area contributed by atoms with Crippen LogP contribution in [0.25, 0.3) is 22.2 Å². The van der Waals surface area contributed by atoms with E-state index >= 15 is 0 Å². The number of carbonyl (C=O) groups excluding carboxylic acids is 2. The van der Waals surface area contributed by atoms with Crippen LogP contribution in [0.2, 0.25) is 0 Å². The molecular weight excluding hydrogens is 414 g/mol. The molecule has 3 aromatic rings. The Bertz CT molecular complexity index is 1170. The van der Waals surface area contributed by atoms with Gasteiger partial charge < -0.3 is 9.64 Å². The summed E-state index contributed by atoms with van der Waals surface area (Å²) < 4.78 is 5.23. The summed E-state index contributed by atoms with van der Waals surface area (Å²) in [6.07, 6.45) is 3.58. The van der Waals surface area contributed by atoms with E-state index in [4.69, 9.17) is 9.72 Å². The number of fused-ring (bicyclic) bond motifs is 1. The van der Waals surface area contributed by atoms with Gasteiger partial charge in [-0.1, -0.05) is 48.5 Å². The smallest absolute Gasteiger partial charge is 0.338 e. The van der Waals surface area contributed by atoms with Gasteiger partial charge in [0.1, 0.15) is 0 Å². The van der Waals surface area contributed by atoms with Gasteiger partial charge >= 0.3 is 5.97 Å². The maximum absolute atomic E-state index is 13.0. The molecule has 0 radical (unpaired) electrons. The van der Waals surface area contributed by atoms with E-state index in [2.05, 4.69) is 9.80 Å². The number of carbonyl (C=O) groups is 2. The van der Waals surface area contributed by atoms with Crippen LogP contribution in [0, 0.1) is 0 Å². The molecule has 0 saturated carbocycles. The van der Waals surface area contributed by atoms with E-state index < -0.39 is 0 Å². The van der Waals surface area contributed by atoms with Crippen molar-refractivity contribution in [2.24, 2.45) is 0 Å². The van der Waals surface area contributed by atoms with Gasteiger partial charge in [-0.2, -0.15) is 0 Å². The molecule has 0 atom stereocenters. The molecule has 2 aliphatic heterocycles. The molecule has 3 heterocycles. The lowest BCUT2D eigenvalue weighted by Crippen LogP contribution is -2.45. The summed E-state index contributed by atoms with van der Waals surface area (Å²) in [5, 5.41) is 0.816. The molecule has 2 aromatic carbocycles. The molecule has 2 saturated heterocycles. The molecule has 1 amide bonds. The SMILES string of the molecule is COC(=O)c1c(CN2CCC(N3CCCC3=O)CC2)c(-c2ccccc2)nc2ccccc12. The molecule has 5 rings (SSSR count). The van der Waals surface area contributed by atoms with Crippen LogP contribution >= 0.6 is 0 Å². The van der Waals surface area contributed by atoms with Gasteiger partial charge in [-0.15, -0.1) is 0 Å². The Morgan fingerprint density at radius 1 is 1.03 bits per heavy atom. The van der Waals surface area contributed by atoms with Crippen LogP contribution in [0.1, 0.15) is 41.6 Å². The number of methoxy groups -OCH3 is 1. The number of ether oxygens (including phenoxy) is 1. The van der Waals surface area contributed by atoms with Crippen molar-refractivity contribution in [2.75, 3.05) is 26.7 Å². The highest BCUT2D eigenvalue weighted by Gasteiger charge is 2.32. The third kappa shape index (κ3) is 4.23. The highest BCUT2D eigenvalue weighted by Crippen LogP contribution is 2.33. The number of esters is 1.